The van der Waals surface area contributed by atoms with Gasteiger partial charge in [-0.05, 0) is 73.2 Å². The van der Waals surface area contributed by atoms with Crippen LogP contribution < -0.4 is 30.3 Å². The zero-order valence-corrected chi connectivity index (χ0v) is 25.6. The van der Waals surface area contributed by atoms with Gasteiger partial charge in [0, 0.05) is 15.7 Å². The van der Waals surface area contributed by atoms with Crippen LogP contribution in [0.3, 0.4) is 0 Å². The van der Waals surface area contributed by atoms with E-state index in [-0.39, 0.29) is 12.2 Å². The molecule has 11 nitrogen and oxygen atoms in total. The van der Waals surface area contributed by atoms with E-state index < -0.39 is 24.3 Å². The summed E-state index contributed by atoms with van der Waals surface area (Å²) in [4.78, 5) is 24.5. The molecule has 13 heteroatoms. The number of carbonyl (C=O) groups excluding carboxylic acids is 2. The number of urea groups is 1. The van der Waals surface area contributed by atoms with Crippen LogP contribution in [-0.4, -0.2) is 56.5 Å². The fourth-order valence-corrected chi connectivity index (χ4v) is 5.49. The monoisotopic (exact) mass is 716 g/mol. The van der Waals surface area contributed by atoms with Gasteiger partial charge in [0.1, 0.15) is 12.4 Å². The van der Waals surface area contributed by atoms with Gasteiger partial charge in [0.2, 0.25) is 0 Å². The van der Waals surface area contributed by atoms with Crippen molar-refractivity contribution in [2.24, 2.45) is 5.10 Å². The van der Waals surface area contributed by atoms with Gasteiger partial charge in [0.15, 0.2) is 17.7 Å². The molecule has 3 rings (SSSR count). The number of hydrazone groups is 1. The molecule has 0 spiro atoms. The first-order chi connectivity index (χ1) is 18.7. The van der Waals surface area contributed by atoms with Crippen molar-refractivity contribution in [3.05, 3.63) is 60.8 Å². The molecule has 0 aromatic heterocycles. The fraction of sp³-hybridized carbons (Fsp3) is 0.346. The van der Waals surface area contributed by atoms with Gasteiger partial charge in [-0.1, -0.05) is 22.0 Å². The minimum absolute atomic E-state index is 0.137. The Hall–Kier alpha value is -3.04. The highest BCUT2D eigenvalue weighted by atomic mass is 127. The van der Waals surface area contributed by atoms with E-state index in [1.165, 1.54) is 7.11 Å². The first-order valence-corrected chi connectivity index (χ1v) is 13.9. The van der Waals surface area contributed by atoms with Crippen molar-refractivity contribution >= 4 is 56.7 Å². The van der Waals surface area contributed by atoms with E-state index in [2.05, 4.69) is 59.7 Å². The Labute approximate surface area is 248 Å². The number of aliphatic hydroxyl groups excluding tert-OH is 1. The normalized spacial score (nSPS) is 15.9. The molecule has 0 bridgehead atoms. The van der Waals surface area contributed by atoms with Crippen LogP contribution in [0.4, 0.5) is 4.79 Å². The Morgan fingerprint density at radius 2 is 1.95 bits per heavy atom. The molecule has 0 aliphatic carbocycles. The highest BCUT2D eigenvalue weighted by Gasteiger charge is 2.32. The lowest BCUT2D eigenvalue weighted by atomic mass is 9.95. The second-order valence-corrected chi connectivity index (χ2v) is 10.2. The molecule has 1 aliphatic heterocycles. The number of aliphatic hydroxyl groups is 1. The lowest BCUT2D eigenvalue weighted by molar-refractivity contribution is -0.136. The number of methoxy groups -OCH3 is 1. The minimum Gasteiger partial charge on any atom is -0.492 e. The molecular weight excluding hydrogens is 687 g/mol. The van der Waals surface area contributed by atoms with E-state index in [1.807, 2.05) is 26.0 Å². The number of nitrogens with zero attached hydrogens (tertiary/aromatic N) is 1. The summed E-state index contributed by atoms with van der Waals surface area (Å²) >= 11 is 5.65. The quantitative estimate of drug-likeness (QED) is 0.0851. The zero-order valence-electron chi connectivity index (χ0n) is 21.8. The van der Waals surface area contributed by atoms with Gasteiger partial charge in [0.05, 0.1) is 41.7 Å². The summed E-state index contributed by atoms with van der Waals surface area (Å²) in [6.07, 6.45) is 0.431. The highest BCUT2D eigenvalue weighted by molar-refractivity contribution is 14.1. The van der Waals surface area contributed by atoms with Crippen LogP contribution in [0, 0.1) is 3.57 Å². The molecule has 0 saturated heterocycles. The predicted octanol–water partition coefficient (Wildman–Crippen LogP) is 3.97. The van der Waals surface area contributed by atoms with E-state index in [4.69, 9.17) is 18.9 Å². The number of carbonyl (C=O) groups is 2. The van der Waals surface area contributed by atoms with Gasteiger partial charge in [0.25, 0.3) is 0 Å². The molecule has 0 fully saturated rings. The zero-order chi connectivity index (χ0) is 28.5. The molecule has 0 unspecified atom stereocenters. The molecule has 0 saturated carbocycles. The molecule has 2 atom stereocenters. The van der Waals surface area contributed by atoms with Crippen molar-refractivity contribution in [1.29, 1.82) is 0 Å². The first-order valence-electron chi connectivity index (χ1n) is 12.0. The summed E-state index contributed by atoms with van der Waals surface area (Å²) in [5, 5.41) is 19.8. The largest absolute Gasteiger partial charge is 0.492 e. The number of amides is 2. The first kappa shape index (κ1) is 30.5. The minimum atomic E-state index is -1.13. The third-order valence-corrected chi connectivity index (χ3v) is 6.68. The molecule has 2 aromatic rings. The van der Waals surface area contributed by atoms with Crippen LogP contribution in [0.2, 0.25) is 0 Å². The van der Waals surface area contributed by atoms with Gasteiger partial charge in [-0.2, -0.15) is 5.10 Å². The van der Waals surface area contributed by atoms with Crippen LogP contribution in [0.1, 0.15) is 37.9 Å². The average Bonchev–Trinajstić information content (AvgIpc) is 2.89. The van der Waals surface area contributed by atoms with Crippen molar-refractivity contribution in [2.75, 3.05) is 26.9 Å². The number of benzene rings is 2. The maximum atomic E-state index is 12.4. The van der Waals surface area contributed by atoms with Crippen LogP contribution in [-0.2, 0) is 9.53 Å². The molecular formula is C26H30BrIN4O7. The molecule has 210 valence electrons. The Morgan fingerprint density at radius 3 is 2.64 bits per heavy atom. The average molecular weight is 717 g/mol. The van der Waals surface area contributed by atoms with Gasteiger partial charge < -0.3 is 34.7 Å². The van der Waals surface area contributed by atoms with Gasteiger partial charge >= 0.3 is 12.0 Å². The summed E-state index contributed by atoms with van der Waals surface area (Å²) in [5.41, 5.74) is 4.64. The Bertz CT molecular complexity index is 1270. The summed E-state index contributed by atoms with van der Waals surface area (Å²) in [6, 6.07) is 7.64. The molecule has 2 aromatic carbocycles. The standard InChI is InChI=1S/C26H30BrIN4O7/c1-5-37-20-10-15(23-22(25(34)36-4)14(3)30-26(35)31-23)7-8-19(20)39-13-21(33)32-29-12-16-9-17(27)11-18(28)24(16)38-6-2/h7-12,21,23,32-33H,5-6,13H2,1-4H3,(H2,30,31,35)/b29-12+/t21-,23-/m1/s1. The Morgan fingerprint density at radius 1 is 1.21 bits per heavy atom. The maximum Gasteiger partial charge on any atom is 0.337 e. The predicted molar refractivity (Wildman–Crippen MR) is 157 cm³/mol. The Kier molecular flexibility index (Phi) is 11.2. The van der Waals surface area contributed by atoms with Gasteiger partial charge in [-0.25, -0.2) is 9.59 Å². The molecule has 1 aliphatic rings. The highest BCUT2D eigenvalue weighted by Crippen LogP contribution is 2.35. The fourth-order valence-electron chi connectivity index (χ4n) is 3.79. The Balaban J connectivity index is 1.72. The molecule has 1 heterocycles. The van der Waals surface area contributed by atoms with E-state index in [9.17, 15) is 14.7 Å². The van der Waals surface area contributed by atoms with Gasteiger partial charge in [-0.15, -0.1) is 0 Å². The van der Waals surface area contributed by atoms with E-state index in [0.717, 1.165) is 13.6 Å². The van der Waals surface area contributed by atoms with Crippen molar-refractivity contribution < 1.29 is 33.6 Å². The second kappa shape index (κ2) is 14.4. The second-order valence-electron chi connectivity index (χ2n) is 8.15. The lowest BCUT2D eigenvalue weighted by Gasteiger charge is -2.28. The number of rotatable bonds is 12. The topological polar surface area (TPSA) is 140 Å². The smallest absolute Gasteiger partial charge is 0.337 e. The number of ether oxygens (including phenoxy) is 4. The van der Waals surface area contributed by atoms with Crippen LogP contribution >= 0.6 is 38.5 Å². The SMILES string of the molecule is CCOc1cc([C@H]2NC(=O)NC(C)=C2C(=O)OC)ccc1OC[C@@H](O)N/N=C/c1cc(Br)cc(I)c1OCC. The van der Waals surface area contributed by atoms with Crippen molar-refractivity contribution in [3.63, 3.8) is 0 Å². The van der Waals surface area contributed by atoms with Crippen LogP contribution in [0.5, 0.6) is 17.2 Å². The number of allylic oxidation sites excluding steroid dienone is 1. The van der Waals surface area contributed by atoms with Crippen molar-refractivity contribution in [2.45, 2.75) is 33.0 Å². The van der Waals surface area contributed by atoms with E-state index >= 15 is 0 Å². The van der Waals surface area contributed by atoms with E-state index in [1.54, 1.807) is 31.3 Å². The third kappa shape index (κ3) is 7.99. The molecule has 0 radical (unpaired) electrons. The van der Waals surface area contributed by atoms with Crippen molar-refractivity contribution in [3.8, 4) is 17.2 Å². The molecule has 2 amide bonds. The number of halogens is 2. The maximum absolute atomic E-state index is 12.4. The number of hydrogen-bond donors (Lipinski definition) is 4. The number of nitrogens with one attached hydrogen (secondary N) is 3. The molecule has 4 N–H and O–H groups in total. The lowest BCUT2D eigenvalue weighted by Crippen LogP contribution is -2.45. The number of hydrogen-bond acceptors (Lipinski definition) is 9. The molecule has 39 heavy (non-hydrogen) atoms. The summed E-state index contributed by atoms with van der Waals surface area (Å²) in [5.74, 6) is 0.880. The van der Waals surface area contributed by atoms with Crippen LogP contribution in [0.25, 0.3) is 0 Å². The van der Waals surface area contributed by atoms with Crippen molar-refractivity contribution in [1.82, 2.24) is 16.1 Å². The summed E-state index contributed by atoms with van der Waals surface area (Å²) in [6.45, 7) is 6.06. The third-order valence-electron chi connectivity index (χ3n) is 5.43. The van der Waals surface area contributed by atoms with Gasteiger partial charge in [-0.3, -0.25) is 5.43 Å². The summed E-state index contributed by atoms with van der Waals surface area (Å²) < 4.78 is 23.9. The van der Waals surface area contributed by atoms with Crippen LogP contribution in [0.15, 0.2) is 51.2 Å². The van der Waals surface area contributed by atoms with E-state index in [0.29, 0.717) is 41.7 Å². The number of esters is 1. The summed E-state index contributed by atoms with van der Waals surface area (Å²) in [7, 11) is 1.28.